The van der Waals surface area contributed by atoms with E-state index in [-0.39, 0.29) is 24.0 Å². The quantitative estimate of drug-likeness (QED) is 0.781. The molecule has 5 nitrogen and oxygen atoms in total. The Labute approximate surface area is 147 Å². The third kappa shape index (κ3) is 4.05. The predicted octanol–water partition coefficient (Wildman–Crippen LogP) is 3.46. The standard InChI is InChI=1S/C20H23NO4/c1-12(2)16-8-6-7-9-17(16)18-10-13(3)21(11-14(4)22)20(24)19(18)25-15(5)23/h6-10,12H,11H2,1-5H3. The van der Waals surface area contributed by atoms with Crippen LogP contribution in [0.25, 0.3) is 11.1 Å². The fraction of sp³-hybridized carbons (Fsp3) is 0.350. The van der Waals surface area contributed by atoms with Crippen LogP contribution in [0.5, 0.6) is 5.75 Å². The summed E-state index contributed by atoms with van der Waals surface area (Å²) in [5, 5.41) is 0. The monoisotopic (exact) mass is 341 g/mol. The van der Waals surface area contributed by atoms with E-state index in [4.69, 9.17) is 4.74 Å². The average Bonchev–Trinajstić information content (AvgIpc) is 2.53. The molecule has 1 aromatic carbocycles. The molecule has 0 aliphatic carbocycles. The van der Waals surface area contributed by atoms with Crippen LogP contribution in [-0.2, 0) is 16.1 Å². The number of nitrogens with zero attached hydrogens (tertiary/aromatic N) is 1. The Bertz CT molecular complexity index is 878. The third-order valence-corrected chi connectivity index (χ3v) is 3.96. The maximum absolute atomic E-state index is 12.9. The normalized spacial score (nSPS) is 10.8. The van der Waals surface area contributed by atoms with Gasteiger partial charge < -0.3 is 9.30 Å². The van der Waals surface area contributed by atoms with Crippen molar-refractivity contribution >= 4 is 11.8 Å². The minimum absolute atomic E-state index is 0.0348. The molecule has 25 heavy (non-hydrogen) atoms. The van der Waals surface area contributed by atoms with Crippen LogP contribution in [0, 0.1) is 6.92 Å². The van der Waals surface area contributed by atoms with E-state index in [1.807, 2.05) is 24.3 Å². The van der Waals surface area contributed by atoms with Gasteiger partial charge in [0.05, 0.1) is 6.54 Å². The molecular weight excluding hydrogens is 318 g/mol. The first kappa shape index (κ1) is 18.6. The Hall–Kier alpha value is -2.69. The summed E-state index contributed by atoms with van der Waals surface area (Å²) in [5.41, 5.74) is 2.65. The van der Waals surface area contributed by atoms with Gasteiger partial charge in [-0.05, 0) is 37.0 Å². The predicted molar refractivity (Wildman–Crippen MR) is 97.0 cm³/mol. The first-order valence-electron chi connectivity index (χ1n) is 8.24. The first-order chi connectivity index (χ1) is 11.7. The number of carbonyl (C=O) groups excluding carboxylic acids is 2. The Morgan fingerprint density at radius 2 is 1.76 bits per heavy atom. The van der Waals surface area contributed by atoms with Gasteiger partial charge in [-0.2, -0.15) is 0 Å². The molecule has 0 amide bonds. The van der Waals surface area contributed by atoms with Crippen molar-refractivity contribution in [1.29, 1.82) is 0 Å². The van der Waals surface area contributed by atoms with E-state index in [0.29, 0.717) is 11.3 Å². The number of ether oxygens (including phenoxy) is 1. The summed E-state index contributed by atoms with van der Waals surface area (Å²) in [7, 11) is 0. The average molecular weight is 341 g/mol. The zero-order valence-corrected chi connectivity index (χ0v) is 15.3. The van der Waals surface area contributed by atoms with E-state index in [1.54, 1.807) is 13.0 Å². The molecule has 0 unspecified atom stereocenters. The van der Waals surface area contributed by atoms with Gasteiger partial charge in [-0.3, -0.25) is 14.4 Å². The van der Waals surface area contributed by atoms with Crippen LogP contribution >= 0.6 is 0 Å². The maximum Gasteiger partial charge on any atom is 0.308 e. The lowest BCUT2D eigenvalue weighted by Gasteiger charge is -2.18. The van der Waals surface area contributed by atoms with Crippen molar-refractivity contribution in [2.24, 2.45) is 0 Å². The molecule has 0 N–H and O–H groups in total. The van der Waals surface area contributed by atoms with Crippen LogP contribution in [0.4, 0.5) is 0 Å². The largest absolute Gasteiger partial charge is 0.420 e. The van der Waals surface area contributed by atoms with Gasteiger partial charge in [0.2, 0.25) is 5.75 Å². The summed E-state index contributed by atoms with van der Waals surface area (Å²) in [5.74, 6) is -0.512. The molecule has 2 aromatic rings. The zero-order valence-electron chi connectivity index (χ0n) is 15.3. The number of esters is 1. The van der Waals surface area contributed by atoms with Crippen molar-refractivity contribution in [1.82, 2.24) is 4.57 Å². The Morgan fingerprint density at radius 3 is 2.32 bits per heavy atom. The lowest BCUT2D eigenvalue weighted by molar-refractivity contribution is -0.131. The van der Waals surface area contributed by atoms with Crippen molar-refractivity contribution in [2.75, 3.05) is 0 Å². The number of ketones is 1. The second kappa shape index (κ2) is 7.47. The molecule has 0 bridgehead atoms. The highest BCUT2D eigenvalue weighted by molar-refractivity contribution is 5.79. The highest BCUT2D eigenvalue weighted by Crippen LogP contribution is 2.34. The lowest BCUT2D eigenvalue weighted by atomic mass is 9.92. The SMILES string of the molecule is CC(=O)Cn1c(C)cc(-c2ccccc2C(C)C)c(OC(C)=O)c1=O. The van der Waals surface area contributed by atoms with Crippen molar-refractivity contribution in [2.45, 2.75) is 47.1 Å². The summed E-state index contributed by atoms with van der Waals surface area (Å²) in [6, 6.07) is 9.52. The first-order valence-corrected chi connectivity index (χ1v) is 8.24. The van der Waals surface area contributed by atoms with Gasteiger partial charge in [0.25, 0.3) is 5.56 Å². The van der Waals surface area contributed by atoms with Crippen molar-refractivity contribution < 1.29 is 14.3 Å². The second-order valence-electron chi connectivity index (χ2n) is 6.46. The van der Waals surface area contributed by atoms with Crippen molar-refractivity contribution in [3.8, 4) is 16.9 Å². The number of aromatic nitrogens is 1. The fourth-order valence-electron chi connectivity index (χ4n) is 2.86. The van der Waals surface area contributed by atoms with Crippen LogP contribution in [0.1, 0.15) is 44.9 Å². The van der Waals surface area contributed by atoms with Crippen LogP contribution in [0.3, 0.4) is 0 Å². The van der Waals surface area contributed by atoms with Gasteiger partial charge in [-0.1, -0.05) is 38.1 Å². The van der Waals surface area contributed by atoms with Crippen LogP contribution < -0.4 is 10.3 Å². The van der Waals surface area contributed by atoms with Gasteiger partial charge >= 0.3 is 5.97 Å². The molecule has 1 aromatic heterocycles. The number of carbonyl (C=O) groups is 2. The minimum Gasteiger partial charge on any atom is -0.420 e. The lowest BCUT2D eigenvalue weighted by Crippen LogP contribution is -2.28. The van der Waals surface area contributed by atoms with Crippen LogP contribution in [0.2, 0.25) is 0 Å². The number of hydrogen-bond acceptors (Lipinski definition) is 4. The Kier molecular flexibility index (Phi) is 5.57. The third-order valence-electron chi connectivity index (χ3n) is 3.96. The highest BCUT2D eigenvalue weighted by atomic mass is 16.5. The van der Waals surface area contributed by atoms with Gasteiger partial charge in [-0.25, -0.2) is 0 Å². The molecule has 2 rings (SSSR count). The van der Waals surface area contributed by atoms with Crippen LogP contribution in [-0.4, -0.2) is 16.3 Å². The molecule has 5 heteroatoms. The molecule has 0 spiro atoms. The maximum atomic E-state index is 12.9. The van der Waals surface area contributed by atoms with Gasteiger partial charge in [0, 0.05) is 18.2 Å². The van der Waals surface area contributed by atoms with E-state index in [9.17, 15) is 14.4 Å². The second-order valence-corrected chi connectivity index (χ2v) is 6.46. The van der Waals surface area contributed by atoms with Gasteiger partial charge in [0.15, 0.2) is 0 Å². The number of rotatable bonds is 5. The van der Waals surface area contributed by atoms with Gasteiger partial charge in [0.1, 0.15) is 5.78 Å². The summed E-state index contributed by atoms with van der Waals surface area (Å²) in [6.07, 6.45) is 0. The van der Waals surface area contributed by atoms with Crippen LogP contribution in [0.15, 0.2) is 35.1 Å². The van der Waals surface area contributed by atoms with E-state index in [1.165, 1.54) is 18.4 Å². The molecule has 0 atom stereocenters. The zero-order chi connectivity index (χ0) is 18.7. The summed E-state index contributed by atoms with van der Waals surface area (Å²) in [4.78, 5) is 35.9. The molecule has 0 saturated heterocycles. The molecule has 0 saturated carbocycles. The molecule has 0 fully saturated rings. The Morgan fingerprint density at radius 1 is 1.12 bits per heavy atom. The van der Waals surface area contributed by atoms with Crippen molar-refractivity contribution in [3.05, 3.63) is 51.9 Å². The fourth-order valence-corrected chi connectivity index (χ4v) is 2.86. The van der Waals surface area contributed by atoms with Gasteiger partial charge in [-0.15, -0.1) is 0 Å². The molecule has 0 radical (unpaired) electrons. The van der Waals surface area contributed by atoms with E-state index in [2.05, 4.69) is 13.8 Å². The van der Waals surface area contributed by atoms with E-state index < -0.39 is 11.5 Å². The number of Topliss-reactive ketones (excluding diaryl/α,β-unsaturated/α-hetero) is 1. The summed E-state index contributed by atoms with van der Waals surface area (Å²) < 4.78 is 6.59. The molecule has 0 aliphatic rings. The molecular formula is C20H23NO4. The summed E-state index contributed by atoms with van der Waals surface area (Å²) >= 11 is 0. The molecule has 1 heterocycles. The highest BCUT2D eigenvalue weighted by Gasteiger charge is 2.20. The number of pyridine rings is 1. The smallest absolute Gasteiger partial charge is 0.308 e. The topological polar surface area (TPSA) is 65.4 Å². The molecule has 0 aliphatic heterocycles. The Balaban J connectivity index is 2.80. The number of aryl methyl sites for hydroxylation is 1. The minimum atomic E-state index is -0.571. The van der Waals surface area contributed by atoms with Crippen molar-refractivity contribution in [3.63, 3.8) is 0 Å². The van der Waals surface area contributed by atoms with E-state index >= 15 is 0 Å². The summed E-state index contributed by atoms with van der Waals surface area (Å²) in [6.45, 7) is 8.52. The van der Waals surface area contributed by atoms with E-state index in [0.717, 1.165) is 11.1 Å². The number of hydrogen-bond donors (Lipinski definition) is 0. The number of benzene rings is 1. The molecule has 132 valence electrons.